The fourth-order valence-corrected chi connectivity index (χ4v) is 2.41. The van der Waals surface area contributed by atoms with Crippen LogP contribution < -0.4 is 10.2 Å². The molecule has 22 heavy (non-hydrogen) atoms. The van der Waals surface area contributed by atoms with Crippen LogP contribution in [0.5, 0.6) is 0 Å². The minimum Gasteiger partial charge on any atom is -0.378 e. The number of anilines is 2. The van der Waals surface area contributed by atoms with Crippen molar-refractivity contribution in [3.05, 3.63) is 53.3 Å². The Morgan fingerprint density at radius 2 is 1.91 bits per heavy atom. The number of amides is 1. The molecule has 3 rings (SSSR count). The molecule has 1 amide bonds. The number of carbonyl (C=O) groups is 1. The van der Waals surface area contributed by atoms with Crippen molar-refractivity contribution in [1.29, 1.82) is 0 Å². The van der Waals surface area contributed by atoms with E-state index in [-0.39, 0.29) is 5.91 Å². The standard InChI is InChI=1S/C16H16ClN3O2/c17-13-1-3-14(4-2-13)19-16(21)12-9-15(11-18-10-12)20-5-7-22-8-6-20/h1-4,9-11H,5-8H2,(H,19,21). The molecule has 5 nitrogen and oxygen atoms in total. The first kappa shape index (κ1) is 14.8. The number of benzene rings is 1. The van der Waals surface area contributed by atoms with Gasteiger partial charge in [-0.3, -0.25) is 9.78 Å². The maximum atomic E-state index is 12.3. The molecule has 1 aromatic heterocycles. The monoisotopic (exact) mass is 317 g/mol. The molecule has 2 heterocycles. The van der Waals surface area contributed by atoms with Crippen LogP contribution in [0.15, 0.2) is 42.7 Å². The lowest BCUT2D eigenvalue weighted by Gasteiger charge is -2.28. The zero-order valence-corrected chi connectivity index (χ0v) is 12.7. The molecule has 1 aromatic carbocycles. The van der Waals surface area contributed by atoms with Gasteiger partial charge in [-0.1, -0.05) is 11.6 Å². The Labute approximate surface area is 133 Å². The number of pyridine rings is 1. The molecule has 0 unspecified atom stereocenters. The highest BCUT2D eigenvalue weighted by atomic mass is 35.5. The highest BCUT2D eigenvalue weighted by Gasteiger charge is 2.14. The molecule has 1 N–H and O–H groups in total. The molecule has 114 valence electrons. The summed E-state index contributed by atoms with van der Waals surface area (Å²) in [5.41, 5.74) is 2.16. The fourth-order valence-electron chi connectivity index (χ4n) is 2.28. The molecule has 2 aromatic rings. The lowest BCUT2D eigenvalue weighted by molar-refractivity contribution is 0.102. The smallest absolute Gasteiger partial charge is 0.257 e. The first-order chi connectivity index (χ1) is 10.7. The minimum absolute atomic E-state index is 0.190. The summed E-state index contributed by atoms with van der Waals surface area (Å²) in [7, 11) is 0. The Kier molecular flexibility index (Phi) is 4.56. The molecule has 0 radical (unpaired) electrons. The average Bonchev–Trinajstić information content (AvgIpc) is 2.58. The van der Waals surface area contributed by atoms with E-state index < -0.39 is 0 Å². The van der Waals surface area contributed by atoms with Gasteiger partial charge >= 0.3 is 0 Å². The quantitative estimate of drug-likeness (QED) is 0.946. The van der Waals surface area contributed by atoms with E-state index in [0.29, 0.717) is 29.5 Å². The third-order valence-electron chi connectivity index (χ3n) is 3.46. The summed E-state index contributed by atoms with van der Waals surface area (Å²) in [6, 6.07) is 8.85. The van der Waals surface area contributed by atoms with E-state index in [1.54, 1.807) is 36.7 Å². The van der Waals surface area contributed by atoms with E-state index in [1.807, 2.05) is 6.07 Å². The van der Waals surface area contributed by atoms with Crippen LogP contribution in [0.4, 0.5) is 11.4 Å². The molecular weight excluding hydrogens is 302 g/mol. The van der Waals surface area contributed by atoms with Gasteiger partial charge in [0.05, 0.1) is 30.7 Å². The molecule has 0 atom stereocenters. The lowest BCUT2D eigenvalue weighted by Crippen LogP contribution is -2.36. The van der Waals surface area contributed by atoms with Crippen molar-refractivity contribution in [3.63, 3.8) is 0 Å². The third kappa shape index (κ3) is 3.55. The van der Waals surface area contributed by atoms with Crippen molar-refractivity contribution in [1.82, 2.24) is 4.98 Å². The topological polar surface area (TPSA) is 54.5 Å². The van der Waals surface area contributed by atoms with E-state index in [2.05, 4.69) is 15.2 Å². The fraction of sp³-hybridized carbons (Fsp3) is 0.250. The largest absolute Gasteiger partial charge is 0.378 e. The Hall–Kier alpha value is -2.11. The zero-order valence-electron chi connectivity index (χ0n) is 12.0. The predicted octanol–water partition coefficient (Wildman–Crippen LogP) is 2.82. The summed E-state index contributed by atoms with van der Waals surface area (Å²) in [6.45, 7) is 3.01. The van der Waals surface area contributed by atoms with Crippen LogP contribution in [-0.4, -0.2) is 37.2 Å². The number of nitrogens with zero attached hydrogens (tertiary/aromatic N) is 2. The molecule has 1 saturated heterocycles. The molecule has 1 aliphatic rings. The molecule has 1 aliphatic heterocycles. The number of morpholine rings is 1. The number of nitrogens with one attached hydrogen (secondary N) is 1. The SMILES string of the molecule is O=C(Nc1ccc(Cl)cc1)c1cncc(N2CCOCC2)c1. The van der Waals surface area contributed by atoms with Gasteiger partial charge in [0, 0.05) is 30.0 Å². The maximum absolute atomic E-state index is 12.3. The second kappa shape index (κ2) is 6.77. The van der Waals surface area contributed by atoms with Crippen LogP contribution in [0, 0.1) is 0 Å². The Morgan fingerprint density at radius 1 is 1.18 bits per heavy atom. The third-order valence-corrected chi connectivity index (χ3v) is 3.72. The number of hydrogen-bond donors (Lipinski definition) is 1. The van der Waals surface area contributed by atoms with Crippen LogP contribution >= 0.6 is 11.6 Å². The second-order valence-electron chi connectivity index (χ2n) is 4.99. The second-order valence-corrected chi connectivity index (χ2v) is 5.43. The van der Waals surface area contributed by atoms with Crippen LogP contribution in [0.3, 0.4) is 0 Å². The maximum Gasteiger partial charge on any atom is 0.257 e. The van der Waals surface area contributed by atoms with Gasteiger partial charge in [-0.2, -0.15) is 0 Å². The van der Waals surface area contributed by atoms with Crippen LogP contribution in [0.25, 0.3) is 0 Å². The summed E-state index contributed by atoms with van der Waals surface area (Å²) in [5, 5.41) is 3.47. The van der Waals surface area contributed by atoms with Gasteiger partial charge in [0.2, 0.25) is 0 Å². The normalized spacial score (nSPS) is 14.7. The van der Waals surface area contributed by atoms with Crippen molar-refractivity contribution in [3.8, 4) is 0 Å². The van der Waals surface area contributed by atoms with Crippen LogP contribution in [0.1, 0.15) is 10.4 Å². The number of rotatable bonds is 3. The summed E-state index contributed by atoms with van der Waals surface area (Å²) >= 11 is 5.83. The number of carbonyl (C=O) groups excluding carboxylic acids is 1. The molecule has 0 saturated carbocycles. The van der Waals surface area contributed by atoms with E-state index in [4.69, 9.17) is 16.3 Å². The van der Waals surface area contributed by atoms with Gasteiger partial charge in [0.25, 0.3) is 5.91 Å². The summed E-state index contributed by atoms with van der Waals surface area (Å²) in [4.78, 5) is 18.6. The zero-order chi connectivity index (χ0) is 15.4. The van der Waals surface area contributed by atoms with E-state index in [9.17, 15) is 4.79 Å². The van der Waals surface area contributed by atoms with E-state index >= 15 is 0 Å². The van der Waals surface area contributed by atoms with Crippen molar-refractivity contribution in [2.75, 3.05) is 36.5 Å². The Morgan fingerprint density at radius 3 is 2.64 bits per heavy atom. The van der Waals surface area contributed by atoms with Gasteiger partial charge in [0.15, 0.2) is 0 Å². The lowest BCUT2D eigenvalue weighted by atomic mass is 10.2. The van der Waals surface area contributed by atoms with E-state index in [0.717, 1.165) is 18.8 Å². The highest BCUT2D eigenvalue weighted by Crippen LogP contribution is 2.18. The molecule has 0 bridgehead atoms. The van der Waals surface area contributed by atoms with Crippen molar-refractivity contribution < 1.29 is 9.53 Å². The van der Waals surface area contributed by atoms with Gasteiger partial charge < -0.3 is 15.0 Å². The number of halogens is 1. The first-order valence-electron chi connectivity index (χ1n) is 7.07. The number of hydrogen-bond acceptors (Lipinski definition) is 4. The molecule has 1 fully saturated rings. The first-order valence-corrected chi connectivity index (χ1v) is 7.45. The highest BCUT2D eigenvalue weighted by molar-refractivity contribution is 6.30. The van der Waals surface area contributed by atoms with Gasteiger partial charge in [0.1, 0.15) is 0 Å². The van der Waals surface area contributed by atoms with Gasteiger partial charge in [-0.25, -0.2) is 0 Å². The summed E-state index contributed by atoms with van der Waals surface area (Å²) in [6.07, 6.45) is 3.33. The molecule has 0 spiro atoms. The number of aromatic nitrogens is 1. The van der Waals surface area contributed by atoms with E-state index in [1.165, 1.54) is 0 Å². The molecular formula is C16H16ClN3O2. The minimum atomic E-state index is -0.190. The molecule has 6 heteroatoms. The summed E-state index contributed by atoms with van der Waals surface area (Å²) < 4.78 is 5.34. The predicted molar refractivity (Wildman–Crippen MR) is 86.7 cm³/mol. The van der Waals surface area contributed by atoms with Crippen molar-refractivity contribution in [2.24, 2.45) is 0 Å². The van der Waals surface area contributed by atoms with Gasteiger partial charge in [-0.15, -0.1) is 0 Å². The molecule has 0 aliphatic carbocycles. The van der Waals surface area contributed by atoms with Crippen molar-refractivity contribution in [2.45, 2.75) is 0 Å². The Balaban J connectivity index is 1.73. The average molecular weight is 318 g/mol. The van der Waals surface area contributed by atoms with Crippen LogP contribution in [0.2, 0.25) is 5.02 Å². The number of ether oxygens (including phenoxy) is 1. The van der Waals surface area contributed by atoms with Crippen molar-refractivity contribution >= 4 is 28.9 Å². The Bertz CT molecular complexity index is 655. The van der Waals surface area contributed by atoms with Crippen LogP contribution in [-0.2, 0) is 4.74 Å². The summed E-state index contributed by atoms with van der Waals surface area (Å²) in [5.74, 6) is -0.190. The van der Waals surface area contributed by atoms with Gasteiger partial charge in [-0.05, 0) is 30.3 Å².